The monoisotopic (exact) mass is 139 g/mol. The second-order valence-electron chi connectivity index (χ2n) is 3.05. The molecule has 0 aliphatic heterocycles. The topological polar surface area (TPSA) is 44.0 Å². The van der Waals surface area contributed by atoms with Crippen LogP contribution in [0.25, 0.3) is 0 Å². The van der Waals surface area contributed by atoms with E-state index in [4.69, 9.17) is 5.26 Å². The lowest BCUT2D eigenvalue weighted by atomic mass is 9.71. The molecule has 0 bridgehead atoms. The van der Waals surface area contributed by atoms with E-state index in [1.807, 2.05) is 6.92 Å². The van der Waals surface area contributed by atoms with Gasteiger partial charge >= 0.3 is 0 Å². The predicted molar refractivity (Wildman–Crippen MR) is 38.2 cm³/mol. The van der Waals surface area contributed by atoms with Crippen molar-refractivity contribution in [2.75, 3.05) is 0 Å². The van der Waals surface area contributed by atoms with Crippen molar-refractivity contribution in [3.63, 3.8) is 0 Å². The first kappa shape index (κ1) is 7.56. The van der Waals surface area contributed by atoms with Gasteiger partial charge in [0.05, 0.1) is 17.6 Å². The number of rotatable bonds is 2. The molecule has 1 fully saturated rings. The van der Waals surface area contributed by atoms with Crippen LogP contribution in [0, 0.1) is 17.2 Å². The highest BCUT2D eigenvalue weighted by atomic mass is 16.3. The van der Waals surface area contributed by atoms with Crippen LogP contribution < -0.4 is 0 Å². The molecule has 0 saturated heterocycles. The summed E-state index contributed by atoms with van der Waals surface area (Å²) in [6.45, 7) is 1.95. The molecule has 0 amide bonds. The molecule has 1 aliphatic rings. The Morgan fingerprint density at radius 1 is 1.70 bits per heavy atom. The molecule has 1 saturated carbocycles. The zero-order chi connectivity index (χ0) is 7.61. The van der Waals surface area contributed by atoms with Gasteiger partial charge in [0.2, 0.25) is 0 Å². The second kappa shape index (κ2) is 2.59. The molecule has 0 aromatic carbocycles. The smallest absolute Gasteiger partial charge is 0.0805 e. The van der Waals surface area contributed by atoms with E-state index in [2.05, 4.69) is 6.07 Å². The molecule has 2 nitrogen and oxygen atoms in total. The van der Waals surface area contributed by atoms with Crippen LogP contribution in [0.3, 0.4) is 0 Å². The Bertz CT molecular complexity index is 155. The van der Waals surface area contributed by atoms with Crippen LogP contribution in [0.4, 0.5) is 0 Å². The van der Waals surface area contributed by atoms with Gasteiger partial charge in [-0.15, -0.1) is 0 Å². The summed E-state index contributed by atoms with van der Waals surface area (Å²) < 4.78 is 0. The van der Waals surface area contributed by atoms with E-state index in [1.54, 1.807) is 0 Å². The Balaban J connectivity index is 2.53. The highest BCUT2D eigenvalue weighted by molar-refractivity contribution is 5.02. The molecule has 0 aromatic rings. The molecular weight excluding hydrogens is 126 g/mol. The first-order valence-electron chi connectivity index (χ1n) is 3.85. The minimum absolute atomic E-state index is 0.138. The first-order chi connectivity index (χ1) is 4.73. The molecule has 0 heterocycles. The van der Waals surface area contributed by atoms with E-state index < -0.39 is 5.60 Å². The van der Waals surface area contributed by atoms with Gasteiger partial charge < -0.3 is 5.11 Å². The molecular formula is C8H13NO. The highest BCUT2D eigenvalue weighted by Crippen LogP contribution is 2.39. The van der Waals surface area contributed by atoms with Gasteiger partial charge in [-0.25, -0.2) is 0 Å². The maximum Gasteiger partial charge on any atom is 0.0805 e. The Morgan fingerprint density at radius 2 is 2.30 bits per heavy atom. The van der Waals surface area contributed by atoms with E-state index in [1.165, 1.54) is 0 Å². The van der Waals surface area contributed by atoms with Crippen LogP contribution in [-0.2, 0) is 0 Å². The maximum atomic E-state index is 9.65. The van der Waals surface area contributed by atoms with Gasteiger partial charge in [-0.1, -0.05) is 6.92 Å². The standard InChI is InChI=1S/C8H13NO/c1-2-7(6-9)8(10)4-3-5-8/h7,10H,2-5H2,1H3. The van der Waals surface area contributed by atoms with Crippen molar-refractivity contribution in [1.29, 1.82) is 5.26 Å². The van der Waals surface area contributed by atoms with Gasteiger partial charge in [-0.05, 0) is 25.7 Å². The summed E-state index contributed by atoms with van der Waals surface area (Å²) in [7, 11) is 0. The molecule has 2 heteroatoms. The molecule has 56 valence electrons. The van der Waals surface area contributed by atoms with Gasteiger partial charge in [0, 0.05) is 0 Å². The number of hydrogen-bond acceptors (Lipinski definition) is 2. The molecule has 10 heavy (non-hydrogen) atoms. The van der Waals surface area contributed by atoms with Crippen LogP contribution in [0.1, 0.15) is 32.6 Å². The molecule has 1 N–H and O–H groups in total. The lowest BCUT2D eigenvalue weighted by Crippen LogP contribution is -2.43. The number of nitrogens with zero attached hydrogens (tertiary/aromatic N) is 1. The normalized spacial score (nSPS) is 24.5. The molecule has 1 aliphatic carbocycles. The van der Waals surface area contributed by atoms with E-state index >= 15 is 0 Å². The first-order valence-corrected chi connectivity index (χ1v) is 3.85. The largest absolute Gasteiger partial charge is 0.389 e. The van der Waals surface area contributed by atoms with Crippen molar-refractivity contribution in [3.8, 4) is 6.07 Å². The van der Waals surface area contributed by atoms with Crippen molar-refractivity contribution >= 4 is 0 Å². The van der Waals surface area contributed by atoms with Crippen LogP contribution in [0.15, 0.2) is 0 Å². The number of nitriles is 1. The molecule has 0 spiro atoms. The van der Waals surface area contributed by atoms with Crippen LogP contribution in [0.2, 0.25) is 0 Å². The zero-order valence-electron chi connectivity index (χ0n) is 6.30. The lowest BCUT2D eigenvalue weighted by Gasteiger charge is -2.39. The van der Waals surface area contributed by atoms with Gasteiger partial charge in [-0.2, -0.15) is 5.26 Å². The summed E-state index contributed by atoms with van der Waals surface area (Å²) in [5.74, 6) is -0.138. The maximum absolute atomic E-state index is 9.65. The second-order valence-corrected chi connectivity index (χ2v) is 3.05. The van der Waals surface area contributed by atoms with Crippen LogP contribution >= 0.6 is 0 Å². The predicted octanol–water partition coefficient (Wildman–Crippen LogP) is 1.45. The summed E-state index contributed by atoms with van der Waals surface area (Å²) in [6.07, 6.45) is 3.49. The molecule has 1 atom stereocenters. The zero-order valence-corrected chi connectivity index (χ0v) is 6.30. The average Bonchev–Trinajstić information content (AvgIpc) is 1.87. The summed E-state index contributed by atoms with van der Waals surface area (Å²) in [5.41, 5.74) is -0.622. The number of aliphatic hydroxyl groups is 1. The number of hydrogen-bond donors (Lipinski definition) is 1. The SMILES string of the molecule is CCC(C#N)C1(O)CCC1. The van der Waals surface area contributed by atoms with Crippen molar-refractivity contribution in [2.45, 2.75) is 38.2 Å². The van der Waals surface area contributed by atoms with Crippen molar-refractivity contribution in [2.24, 2.45) is 5.92 Å². The fourth-order valence-electron chi connectivity index (χ4n) is 1.48. The van der Waals surface area contributed by atoms with E-state index in [0.29, 0.717) is 0 Å². The van der Waals surface area contributed by atoms with E-state index in [0.717, 1.165) is 25.7 Å². The fourth-order valence-corrected chi connectivity index (χ4v) is 1.48. The average molecular weight is 139 g/mol. The lowest BCUT2D eigenvalue weighted by molar-refractivity contribution is -0.0667. The highest BCUT2D eigenvalue weighted by Gasteiger charge is 2.41. The molecule has 0 radical (unpaired) electrons. The third-order valence-corrected chi connectivity index (χ3v) is 2.43. The van der Waals surface area contributed by atoms with Crippen molar-refractivity contribution < 1.29 is 5.11 Å². The Labute approximate surface area is 61.5 Å². The van der Waals surface area contributed by atoms with E-state index in [9.17, 15) is 5.11 Å². The quantitative estimate of drug-likeness (QED) is 0.629. The van der Waals surface area contributed by atoms with E-state index in [-0.39, 0.29) is 5.92 Å². The van der Waals surface area contributed by atoms with Crippen molar-refractivity contribution in [1.82, 2.24) is 0 Å². The van der Waals surface area contributed by atoms with Gasteiger partial charge in [0.15, 0.2) is 0 Å². The summed E-state index contributed by atoms with van der Waals surface area (Å²) in [4.78, 5) is 0. The summed E-state index contributed by atoms with van der Waals surface area (Å²) in [5, 5.41) is 18.3. The molecule has 1 unspecified atom stereocenters. The molecule has 1 rings (SSSR count). The van der Waals surface area contributed by atoms with Crippen LogP contribution in [-0.4, -0.2) is 10.7 Å². The third kappa shape index (κ3) is 1.02. The Morgan fingerprint density at radius 3 is 2.40 bits per heavy atom. The Kier molecular flexibility index (Phi) is 1.96. The van der Waals surface area contributed by atoms with Gasteiger partial charge in [-0.3, -0.25) is 0 Å². The minimum atomic E-state index is -0.622. The Hall–Kier alpha value is -0.550. The van der Waals surface area contributed by atoms with Gasteiger partial charge in [0.25, 0.3) is 0 Å². The van der Waals surface area contributed by atoms with Crippen molar-refractivity contribution in [3.05, 3.63) is 0 Å². The van der Waals surface area contributed by atoms with Crippen LogP contribution in [0.5, 0.6) is 0 Å². The van der Waals surface area contributed by atoms with Gasteiger partial charge in [0.1, 0.15) is 0 Å². The third-order valence-electron chi connectivity index (χ3n) is 2.43. The minimum Gasteiger partial charge on any atom is -0.389 e. The molecule has 0 aromatic heterocycles. The summed E-state index contributed by atoms with van der Waals surface area (Å²) in [6, 6.07) is 2.14. The fraction of sp³-hybridized carbons (Fsp3) is 0.875. The summed E-state index contributed by atoms with van der Waals surface area (Å²) >= 11 is 0.